The Morgan fingerprint density at radius 1 is 0.932 bits per heavy atom. The van der Waals surface area contributed by atoms with Crippen LogP contribution < -0.4 is 24.6 Å². The number of aromatic nitrogens is 2. The van der Waals surface area contributed by atoms with Crippen molar-refractivity contribution in [3.8, 4) is 5.88 Å². The van der Waals surface area contributed by atoms with Crippen LogP contribution >= 0.6 is 0 Å². The minimum absolute atomic E-state index is 0.117. The predicted molar refractivity (Wildman–Crippen MR) is 284 cm³/mol. The van der Waals surface area contributed by atoms with Crippen LogP contribution in [0.5, 0.6) is 5.88 Å². The number of pyridine rings is 1. The SMILES string of the molecule is CC(C)c1ccccc1[C@@H]1COCCN1[C@H]1CCCC2(CCN(c3ccc(C(=O)NS(=O)(=O)c4ccc(NCC5CCC(C)(O)CC5)c([N+](=O)[O-])c4)c(N4c5cc6cc[nH]c6nc5O[C@H]5COCC[C@@H]54)c3)CC2)C1. The van der Waals surface area contributed by atoms with Gasteiger partial charge in [-0.25, -0.2) is 13.1 Å². The molecule has 17 nitrogen and oxygen atoms in total. The lowest BCUT2D eigenvalue weighted by Crippen LogP contribution is -2.53. The summed E-state index contributed by atoms with van der Waals surface area (Å²) in [5.41, 5.74) is 4.86. The van der Waals surface area contributed by atoms with Gasteiger partial charge in [-0.15, -0.1) is 0 Å². The number of sulfonamides is 1. The molecular formula is C56H70N8O9S. The highest BCUT2D eigenvalue weighted by Gasteiger charge is 2.45. The summed E-state index contributed by atoms with van der Waals surface area (Å²) in [5, 5.41) is 26.8. The number of hydrogen-bond acceptors (Lipinski definition) is 14. The number of H-pyrrole nitrogens is 1. The first-order chi connectivity index (χ1) is 35.6. The normalized spacial score (nSPS) is 26.3. The number of rotatable bonds is 12. The first-order valence-corrected chi connectivity index (χ1v) is 28.3. The molecule has 4 aliphatic heterocycles. The Morgan fingerprint density at radius 2 is 1.73 bits per heavy atom. The van der Waals surface area contributed by atoms with Crippen molar-refractivity contribution in [1.29, 1.82) is 0 Å². The van der Waals surface area contributed by atoms with Crippen molar-refractivity contribution in [2.24, 2.45) is 11.3 Å². The van der Waals surface area contributed by atoms with Crippen LogP contribution in [-0.4, -0.2) is 116 Å². The number of aromatic amines is 1. The lowest BCUT2D eigenvalue weighted by molar-refractivity contribution is -0.384. The summed E-state index contributed by atoms with van der Waals surface area (Å²) in [4.78, 5) is 41.4. The minimum atomic E-state index is -4.63. The van der Waals surface area contributed by atoms with E-state index in [4.69, 9.17) is 19.2 Å². The van der Waals surface area contributed by atoms with Crippen molar-refractivity contribution in [3.05, 3.63) is 106 Å². The number of nitrogens with zero attached hydrogens (tertiary/aromatic N) is 5. The molecule has 4 atom stereocenters. The molecule has 74 heavy (non-hydrogen) atoms. The summed E-state index contributed by atoms with van der Waals surface area (Å²) in [5.74, 6) is 0.115. The van der Waals surface area contributed by atoms with E-state index in [1.165, 1.54) is 42.5 Å². The van der Waals surface area contributed by atoms with Gasteiger partial charge in [0.15, 0.2) is 0 Å². The Bertz CT molecular complexity index is 3000. The van der Waals surface area contributed by atoms with Crippen molar-refractivity contribution >= 4 is 55.4 Å². The molecule has 2 saturated carbocycles. The number of aliphatic hydroxyl groups is 1. The number of fused-ring (bicyclic) bond motifs is 3. The summed E-state index contributed by atoms with van der Waals surface area (Å²) in [6.45, 7) is 11.6. The van der Waals surface area contributed by atoms with Gasteiger partial charge in [-0.3, -0.25) is 19.8 Å². The Morgan fingerprint density at radius 3 is 2.53 bits per heavy atom. The lowest BCUT2D eigenvalue weighted by Gasteiger charge is -2.51. The first kappa shape index (κ1) is 50.4. The van der Waals surface area contributed by atoms with Crippen LogP contribution in [0.2, 0.25) is 0 Å². The third kappa shape index (κ3) is 10.1. The maximum absolute atomic E-state index is 14.8. The molecule has 2 aromatic heterocycles. The molecule has 0 unspecified atom stereocenters. The zero-order chi connectivity index (χ0) is 51.4. The Kier molecular flexibility index (Phi) is 13.9. The van der Waals surface area contributed by atoms with Crippen LogP contribution in [0.3, 0.4) is 0 Å². The molecule has 6 aliphatic rings. The van der Waals surface area contributed by atoms with Gasteiger partial charge in [0.05, 0.1) is 58.6 Å². The smallest absolute Gasteiger partial charge is 0.293 e. The Balaban J connectivity index is 0.878. The number of carbonyl (C=O) groups excluding carboxylic acids is 1. The third-order valence-corrected chi connectivity index (χ3v) is 18.6. The molecular weight excluding hydrogens is 961 g/mol. The predicted octanol–water partition coefficient (Wildman–Crippen LogP) is 9.36. The molecule has 2 aliphatic carbocycles. The quantitative estimate of drug-likeness (QED) is 0.0679. The number of amides is 1. The van der Waals surface area contributed by atoms with Crippen molar-refractivity contribution in [2.75, 3.05) is 67.7 Å². The zero-order valence-corrected chi connectivity index (χ0v) is 43.6. The third-order valence-electron chi connectivity index (χ3n) is 17.3. The van der Waals surface area contributed by atoms with E-state index in [9.17, 15) is 28.4 Å². The number of morpholine rings is 1. The van der Waals surface area contributed by atoms with E-state index in [0.717, 1.165) is 75.5 Å². The molecule has 6 heterocycles. The van der Waals surface area contributed by atoms with Crippen molar-refractivity contribution in [1.82, 2.24) is 19.6 Å². The van der Waals surface area contributed by atoms with Gasteiger partial charge in [0.1, 0.15) is 23.1 Å². The molecule has 394 valence electrons. The molecule has 1 amide bonds. The fourth-order valence-electron chi connectivity index (χ4n) is 13.1. The van der Waals surface area contributed by atoms with Gasteiger partial charge in [0, 0.05) is 62.2 Å². The highest BCUT2D eigenvalue weighted by molar-refractivity contribution is 7.90. The zero-order valence-electron chi connectivity index (χ0n) is 42.8. The first-order valence-electron chi connectivity index (χ1n) is 26.8. The molecule has 5 fully saturated rings. The van der Waals surface area contributed by atoms with Gasteiger partial charge < -0.3 is 39.4 Å². The average Bonchev–Trinajstić information content (AvgIpc) is 3.87. The molecule has 0 bridgehead atoms. The number of carbonyl (C=O) groups is 1. The van der Waals surface area contributed by atoms with E-state index in [0.29, 0.717) is 80.5 Å². The van der Waals surface area contributed by atoms with Crippen LogP contribution in [0.1, 0.15) is 125 Å². The maximum Gasteiger partial charge on any atom is 0.293 e. The summed E-state index contributed by atoms with van der Waals surface area (Å²) >= 11 is 0. The second-order valence-electron chi connectivity index (χ2n) is 22.4. The van der Waals surface area contributed by atoms with Crippen LogP contribution in [0.4, 0.5) is 28.4 Å². The second kappa shape index (κ2) is 20.4. The summed E-state index contributed by atoms with van der Waals surface area (Å²) in [7, 11) is -4.63. The summed E-state index contributed by atoms with van der Waals surface area (Å²) in [6, 6.07) is 22.5. The molecule has 1 spiro atoms. The fraction of sp³-hybridized carbons (Fsp3) is 0.536. The Labute approximate surface area is 433 Å². The topological polar surface area (TPSA) is 205 Å². The van der Waals surface area contributed by atoms with Gasteiger partial charge >= 0.3 is 0 Å². The van der Waals surface area contributed by atoms with E-state index in [-0.39, 0.29) is 34.7 Å². The molecule has 11 rings (SSSR count). The maximum atomic E-state index is 14.8. The number of anilines is 4. The lowest BCUT2D eigenvalue weighted by atomic mass is 9.66. The largest absolute Gasteiger partial charge is 0.468 e. The van der Waals surface area contributed by atoms with E-state index < -0.39 is 43.1 Å². The summed E-state index contributed by atoms with van der Waals surface area (Å²) < 4.78 is 49.4. The van der Waals surface area contributed by atoms with Gasteiger partial charge in [0.25, 0.3) is 21.6 Å². The molecule has 18 heteroatoms. The second-order valence-corrected chi connectivity index (χ2v) is 24.1. The van der Waals surface area contributed by atoms with Gasteiger partial charge in [-0.1, -0.05) is 44.5 Å². The van der Waals surface area contributed by atoms with Gasteiger partial charge in [0.2, 0.25) is 5.88 Å². The van der Waals surface area contributed by atoms with E-state index >= 15 is 0 Å². The highest BCUT2D eigenvalue weighted by Crippen LogP contribution is 2.50. The number of benzene rings is 3. The summed E-state index contributed by atoms with van der Waals surface area (Å²) in [6.07, 6.45) is 11.5. The Hall–Kier alpha value is -5.79. The van der Waals surface area contributed by atoms with E-state index in [2.05, 4.69) is 67.8 Å². The van der Waals surface area contributed by atoms with Crippen LogP contribution in [0.25, 0.3) is 11.0 Å². The van der Waals surface area contributed by atoms with Crippen molar-refractivity contribution < 1.29 is 37.5 Å². The molecule has 0 radical (unpaired) electrons. The minimum Gasteiger partial charge on any atom is -0.468 e. The average molecular weight is 1030 g/mol. The van der Waals surface area contributed by atoms with Crippen LogP contribution in [-0.2, 0) is 19.5 Å². The monoisotopic (exact) mass is 1030 g/mol. The number of hydrogen-bond donors (Lipinski definition) is 4. The van der Waals surface area contributed by atoms with Crippen molar-refractivity contribution in [3.63, 3.8) is 0 Å². The number of nitro benzene ring substituents is 1. The number of piperidine rings is 1. The number of ether oxygens (including phenoxy) is 3. The number of nitro groups is 1. The van der Waals surface area contributed by atoms with Gasteiger partial charge in [-0.2, -0.15) is 4.98 Å². The van der Waals surface area contributed by atoms with Crippen molar-refractivity contribution in [2.45, 2.75) is 132 Å². The molecule has 3 saturated heterocycles. The molecule has 5 aromatic rings. The standard InChI is InChI=1S/C56H70N8O9S/c1-36(2)42-8-4-5-9-43(42)50-34-72-28-26-62(50)40-7-6-18-56(32-40)21-24-61(25-22-56)39-10-12-44(47(30-39)63-46-17-27-71-35-51(46)73-54-49(63)29-38-16-23-57-52(38)59-54)53(65)60-74(69,70)41-11-13-45(48(31-41)64(67)68)58-33-37-14-19-55(3,66)20-15-37/h4-5,8-13,16,23,29-31,36-37,40,46,50-51,58,66H,6-7,14-15,17-22,24-28,32-35H2,1-3H3,(H,57,59)(H,60,65)/t37?,40-,46-,50-,51-,55?/m0/s1. The van der Waals surface area contributed by atoms with Crippen LogP contribution in [0.15, 0.2) is 83.9 Å². The molecule has 3 aromatic carbocycles. The number of nitrogens with one attached hydrogen (secondary N) is 3. The fourth-order valence-corrected chi connectivity index (χ4v) is 14.1. The molecule has 4 N–H and O–H groups in total. The van der Waals surface area contributed by atoms with Gasteiger partial charge in [-0.05, 0) is 142 Å². The highest BCUT2D eigenvalue weighted by atomic mass is 32.2. The van der Waals surface area contributed by atoms with Crippen LogP contribution in [0, 0.1) is 21.4 Å². The van der Waals surface area contributed by atoms with E-state index in [1.807, 2.05) is 37.4 Å². The van der Waals surface area contributed by atoms with E-state index in [1.54, 1.807) is 6.07 Å².